The van der Waals surface area contributed by atoms with Crippen LogP contribution in [0.5, 0.6) is 0 Å². The lowest BCUT2D eigenvalue weighted by Crippen LogP contribution is -2.02. The maximum atomic E-state index is 13.3. The molecule has 0 aliphatic carbocycles. The first-order valence-corrected chi connectivity index (χ1v) is 6.16. The zero-order chi connectivity index (χ0) is 12.3. The van der Waals surface area contributed by atoms with Crippen LogP contribution in [0.2, 0.25) is 0 Å². The Kier molecular flexibility index (Phi) is 3.93. The van der Waals surface area contributed by atoms with Crippen molar-refractivity contribution in [1.29, 1.82) is 0 Å². The van der Waals surface area contributed by atoms with E-state index in [9.17, 15) is 8.78 Å². The summed E-state index contributed by atoms with van der Waals surface area (Å²) in [6.45, 7) is 0.268. The van der Waals surface area contributed by atoms with Crippen LogP contribution in [0, 0.1) is 15.2 Å². The molecule has 0 fully saturated rings. The lowest BCUT2D eigenvalue weighted by Gasteiger charge is -2.07. The summed E-state index contributed by atoms with van der Waals surface area (Å²) < 4.78 is 27.4. The molecule has 1 N–H and O–H groups in total. The molecule has 2 aromatic rings. The molecule has 0 saturated carbocycles. The zero-order valence-electron chi connectivity index (χ0n) is 8.88. The van der Waals surface area contributed by atoms with Crippen LogP contribution in [-0.2, 0) is 6.54 Å². The fourth-order valence-electron chi connectivity index (χ4n) is 1.47. The molecule has 0 radical (unpaired) electrons. The molecule has 0 unspecified atom stereocenters. The average molecular weight is 345 g/mol. The summed E-state index contributed by atoms with van der Waals surface area (Å²) in [4.78, 5) is 0. The first kappa shape index (κ1) is 12.3. The normalized spacial score (nSPS) is 10.3. The largest absolute Gasteiger partial charge is 0.381 e. The second-order valence-electron chi connectivity index (χ2n) is 3.60. The molecule has 0 aliphatic rings. The third kappa shape index (κ3) is 3.39. The second-order valence-corrected chi connectivity index (χ2v) is 4.85. The van der Waals surface area contributed by atoms with E-state index in [1.54, 1.807) is 0 Å². The number of anilines is 1. The van der Waals surface area contributed by atoms with Gasteiger partial charge in [-0.1, -0.05) is 6.07 Å². The number of hydrogen-bond donors (Lipinski definition) is 1. The van der Waals surface area contributed by atoms with Gasteiger partial charge in [-0.15, -0.1) is 0 Å². The van der Waals surface area contributed by atoms with Gasteiger partial charge in [-0.05, 0) is 59.0 Å². The van der Waals surface area contributed by atoms with E-state index in [4.69, 9.17) is 0 Å². The van der Waals surface area contributed by atoms with Gasteiger partial charge in [-0.25, -0.2) is 8.78 Å². The van der Waals surface area contributed by atoms with Gasteiger partial charge in [-0.2, -0.15) is 0 Å². The van der Waals surface area contributed by atoms with Gasteiger partial charge in [-0.3, -0.25) is 0 Å². The summed E-state index contributed by atoms with van der Waals surface area (Å²) in [5.41, 5.74) is 1.21. The summed E-state index contributed by atoms with van der Waals surface area (Å²) in [5, 5.41) is 3.06. The molecule has 0 saturated heterocycles. The summed E-state index contributed by atoms with van der Waals surface area (Å²) in [5.74, 6) is -0.824. The fraction of sp³-hybridized carbons (Fsp3) is 0.0769. The summed E-state index contributed by atoms with van der Waals surface area (Å²) >= 11 is 2.20. The van der Waals surface area contributed by atoms with Gasteiger partial charge >= 0.3 is 0 Å². The lowest BCUT2D eigenvalue weighted by molar-refractivity contribution is 0.587. The van der Waals surface area contributed by atoms with Gasteiger partial charge in [0.2, 0.25) is 0 Å². The maximum absolute atomic E-state index is 13.3. The van der Waals surface area contributed by atoms with Crippen molar-refractivity contribution in [1.82, 2.24) is 0 Å². The molecule has 0 spiro atoms. The van der Waals surface area contributed by atoms with E-state index < -0.39 is 11.6 Å². The predicted octanol–water partition coefficient (Wildman–Crippen LogP) is 4.18. The minimum Gasteiger partial charge on any atom is -0.381 e. The van der Waals surface area contributed by atoms with Gasteiger partial charge in [0.15, 0.2) is 0 Å². The van der Waals surface area contributed by atoms with Crippen LogP contribution in [0.3, 0.4) is 0 Å². The topological polar surface area (TPSA) is 12.0 Å². The van der Waals surface area contributed by atoms with E-state index in [1.807, 2.05) is 24.3 Å². The molecule has 0 bridgehead atoms. The van der Waals surface area contributed by atoms with E-state index in [-0.39, 0.29) is 6.54 Å². The van der Waals surface area contributed by atoms with Gasteiger partial charge in [0.25, 0.3) is 0 Å². The van der Waals surface area contributed by atoms with E-state index in [2.05, 4.69) is 27.9 Å². The number of benzene rings is 2. The highest BCUT2D eigenvalue weighted by Gasteiger charge is 2.03. The van der Waals surface area contributed by atoms with Crippen molar-refractivity contribution in [3.8, 4) is 0 Å². The zero-order valence-corrected chi connectivity index (χ0v) is 11.0. The minimum absolute atomic E-state index is 0.268. The highest BCUT2D eigenvalue weighted by atomic mass is 127. The van der Waals surface area contributed by atoms with E-state index in [1.165, 1.54) is 6.07 Å². The number of nitrogens with one attached hydrogen (secondary N) is 1. The Morgan fingerprint density at radius 1 is 1.06 bits per heavy atom. The smallest absolute Gasteiger partial charge is 0.128 e. The quantitative estimate of drug-likeness (QED) is 0.823. The third-order valence-electron chi connectivity index (χ3n) is 2.32. The Morgan fingerprint density at radius 3 is 2.65 bits per heavy atom. The Hall–Kier alpha value is -1.17. The summed E-state index contributed by atoms with van der Waals surface area (Å²) in [6.07, 6.45) is 0. The molecular formula is C13H10F2IN. The Morgan fingerprint density at radius 2 is 1.88 bits per heavy atom. The molecule has 2 aromatic carbocycles. The average Bonchev–Trinajstić information content (AvgIpc) is 2.30. The van der Waals surface area contributed by atoms with Crippen molar-refractivity contribution in [3.63, 3.8) is 0 Å². The van der Waals surface area contributed by atoms with Crippen molar-refractivity contribution >= 4 is 28.3 Å². The second kappa shape index (κ2) is 5.44. The predicted molar refractivity (Wildman–Crippen MR) is 72.8 cm³/mol. The standard InChI is InChI=1S/C13H10F2IN/c14-10-4-5-13(15)9(6-10)8-17-12-3-1-2-11(16)7-12/h1-7,17H,8H2. The van der Waals surface area contributed by atoms with Crippen LogP contribution in [0.15, 0.2) is 42.5 Å². The molecule has 88 valence electrons. The molecule has 0 aliphatic heterocycles. The Labute approximate surface area is 112 Å². The monoisotopic (exact) mass is 345 g/mol. The molecule has 1 nitrogen and oxygen atoms in total. The van der Waals surface area contributed by atoms with Crippen LogP contribution in [0.25, 0.3) is 0 Å². The van der Waals surface area contributed by atoms with Gasteiger partial charge in [0, 0.05) is 21.4 Å². The van der Waals surface area contributed by atoms with Gasteiger partial charge < -0.3 is 5.32 Å². The minimum atomic E-state index is -0.425. The third-order valence-corrected chi connectivity index (χ3v) is 2.99. The molecule has 0 heterocycles. The van der Waals surface area contributed by atoms with Crippen LogP contribution in [0.1, 0.15) is 5.56 Å². The summed E-state index contributed by atoms with van der Waals surface area (Å²) in [7, 11) is 0. The highest BCUT2D eigenvalue weighted by molar-refractivity contribution is 14.1. The molecule has 17 heavy (non-hydrogen) atoms. The van der Waals surface area contributed by atoms with Crippen molar-refractivity contribution in [2.75, 3.05) is 5.32 Å². The van der Waals surface area contributed by atoms with Crippen molar-refractivity contribution < 1.29 is 8.78 Å². The van der Waals surface area contributed by atoms with E-state index in [0.29, 0.717) is 5.56 Å². The molecule has 0 aromatic heterocycles. The van der Waals surface area contributed by atoms with Crippen LogP contribution in [-0.4, -0.2) is 0 Å². The highest BCUT2D eigenvalue weighted by Crippen LogP contribution is 2.15. The van der Waals surface area contributed by atoms with Crippen molar-refractivity contribution in [2.45, 2.75) is 6.54 Å². The molecule has 0 atom stereocenters. The lowest BCUT2D eigenvalue weighted by atomic mass is 10.2. The number of halogens is 3. The number of rotatable bonds is 3. The molecular weight excluding hydrogens is 335 g/mol. The van der Waals surface area contributed by atoms with Gasteiger partial charge in [0.1, 0.15) is 11.6 Å². The summed E-state index contributed by atoms with van der Waals surface area (Å²) in [6, 6.07) is 11.2. The van der Waals surface area contributed by atoms with Gasteiger partial charge in [0.05, 0.1) is 0 Å². The molecule has 2 rings (SSSR count). The van der Waals surface area contributed by atoms with Crippen LogP contribution in [0.4, 0.5) is 14.5 Å². The number of hydrogen-bond acceptors (Lipinski definition) is 1. The van der Waals surface area contributed by atoms with Crippen LogP contribution < -0.4 is 5.32 Å². The Bertz CT molecular complexity index is 529. The SMILES string of the molecule is Fc1ccc(F)c(CNc2cccc(I)c2)c1. The van der Waals surface area contributed by atoms with E-state index >= 15 is 0 Å². The first-order chi connectivity index (χ1) is 8.15. The van der Waals surface area contributed by atoms with Crippen LogP contribution >= 0.6 is 22.6 Å². The fourth-order valence-corrected chi connectivity index (χ4v) is 2.02. The maximum Gasteiger partial charge on any atom is 0.128 e. The Balaban J connectivity index is 2.09. The van der Waals surface area contributed by atoms with E-state index in [0.717, 1.165) is 21.4 Å². The molecule has 0 amide bonds. The van der Waals surface area contributed by atoms with Crippen molar-refractivity contribution in [2.24, 2.45) is 0 Å². The van der Waals surface area contributed by atoms with Crippen molar-refractivity contribution in [3.05, 3.63) is 63.2 Å². The molecule has 4 heteroatoms. The first-order valence-electron chi connectivity index (χ1n) is 5.08.